The molecule has 11 heteroatoms. The minimum atomic E-state index is -0.657. The van der Waals surface area contributed by atoms with Gasteiger partial charge in [0.05, 0.1) is 23.5 Å². The number of anilines is 1. The van der Waals surface area contributed by atoms with Crippen molar-refractivity contribution in [1.29, 1.82) is 0 Å². The first-order chi connectivity index (χ1) is 25.8. The molecule has 2 fully saturated rings. The number of carbonyl (C=O) groups is 3. The van der Waals surface area contributed by atoms with Gasteiger partial charge in [-0.05, 0) is 84.5 Å². The number of thioether (sulfide) groups is 1. The van der Waals surface area contributed by atoms with Crippen LogP contribution in [0.2, 0.25) is 5.02 Å². The molecule has 53 heavy (non-hydrogen) atoms. The number of amides is 4. The van der Waals surface area contributed by atoms with E-state index in [4.69, 9.17) is 16.6 Å². The first kappa shape index (κ1) is 36.8. The van der Waals surface area contributed by atoms with Gasteiger partial charge in [0.25, 0.3) is 5.91 Å². The molecule has 0 spiro atoms. The Hall–Kier alpha value is -4.54. The van der Waals surface area contributed by atoms with Gasteiger partial charge in [-0.3, -0.25) is 14.6 Å². The van der Waals surface area contributed by atoms with Crippen LogP contribution >= 0.6 is 23.4 Å². The second-order valence-corrected chi connectivity index (χ2v) is 15.9. The minimum Gasteiger partial charge on any atom is -0.508 e. The molecule has 4 aromatic rings. The molecule has 2 saturated heterocycles. The second kappa shape index (κ2) is 17.1. The first-order valence-electron chi connectivity index (χ1n) is 18.7. The van der Waals surface area contributed by atoms with E-state index in [1.807, 2.05) is 59.1 Å². The molecule has 0 saturated carbocycles. The van der Waals surface area contributed by atoms with Crippen molar-refractivity contribution in [1.82, 2.24) is 16.0 Å². The lowest BCUT2D eigenvalue weighted by Gasteiger charge is -2.25. The Balaban J connectivity index is 0.942. The third kappa shape index (κ3) is 8.99. The number of hydrogen-bond acceptors (Lipinski definition) is 6. The van der Waals surface area contributed by atoms with Crippen LogP contribution in [0, 0.1) is 0 Å². The highest BCUT2D eigenvalue weighted by Crippen LogP contribution is 2.34. The smallest absolute Gasteiger partial charge is 0.315 e. The Morgan fingerprint density at radius 1 is 0.906 bits per heavy atom. The van der Waals surface area contributed by atoms with Crippen LogP contribution < -0.4 is 20.9 Å². The number of rotatable bonds is 15. The maximum Gasteiger partial charge on any atom is 0.315 e. The van der Waals surface area contributed by atoms with Crippen molar-refractivity contribution in [2.45, 2.75) is 81.2 Å². The summed E-state index contributed by atoms with van der Waals surface area (Å²) in [6.07, 6.45) is 7.31. The van der Waals surface area contributed by atoms with Crippen molar-refractivity contribution in [2.75, 3.05) is 23.7 Å². The quantitative estimate of drug-likeness (QED) is 0.0745. The number of phenols is 1. The molecule has 3 aliphatic rings. The van der Waals surface area contributed by atoms with Gasteiger partial charge in [-0.1, -0.05) is 73.3 Å². The highest BCUT2D eigenvalue weighted by atomic mass is 35.5. The summed E-state index contributed by atoms with van der Waals surface area (Å²) in [5.74, 6) is 1.14. The fraction of sp³-hybridized carbons (Fsp3) is 0.381. The Morgan fingerprint density at radius 2 is 1.72 bits per heavy atom. The maximum absolute atomic E-state index is 14.5. The monoisotopic (exact) mass is 751 g/mol. The highest BCUT2D eigenvalue weighted by molar-refractivity contribution is 8.00. The molecule has 3 heterocycles. The van der Waals surface area contributed by atoms with Crippen LogP contribution in [0.1, 0.15) is 68.1 Å². The Bertz CT molecular complexity index is 1990. The van der Waals surface area contributed by atoms with Crippen LogP contribution in [0.4, 0.5) is 10.5 Å². The third-order valence-corrected chi connectivity index (χ3v) is 12.2. The molecule has 0 bridgehead atoms. The van der Waals surface area contributed by atoms with Crippen molar-refractivity contribution in [2.24, 2.45) is 4.99 Å². The van der Waals surface area contributed by atoms with Crippen LogP contribution in [0.15, 0.2) is 89.9 Å². The molecule has 3 aliphatic heterocycles. The number of benzene rings is 4. The molecule has 9 nitrogen and oxygen atoms in total. The number of nitrogens with zero attached hydrogens (tertiary/aromatic N) is 2. The number of hydrogen-bond donors (Lipinski definition) is 4. The zero-order valence-electron chi connectivity index (χ0n) is 29.7. The van der Waals surface area contributed by atoms with Crippen molar-refractivity contribution < 1.29 is 19.5 Å². The van der Waals surface area contributed by atoms with E-state index in [1.165, 1.54) is 0 Å². The van der Waals surface area contributed by atoms with E-state index in [-0.39, 0.29) is 35.7 Å². The highest BCUT2D eigenvalue weighted by Gasteiger charge is 2.42. The molecule has 4 atom stereocenters. The largest absolute Gasteiger partial charge is 0.508 e. The zero-order chi connectivity index (χ0) is 36.7. The van der Waals surface area contributed by atoms with Crippen LogP contribution in [-0.2, 0) is 16.0 Å². The molecule has 0 radical (unpaired) electrons. The van der Waals surface area contributed by atoms with Gasteiger partial charge in [-0.15, -0.1) is 0 Å². The van der Waals surface area contributed by atoms with Crippen molar-refractivity contribution in [3.8, 4) is 5.75 Å². The SMILES string of the molecule is O=C(CCCC[C@@H]1SC[C@@H]2NC(=O)N[C@@H]21)NCCCCCCN1C(=O)C(Cc2ccc3ccccc3c2)N=C(c2ccc(O)cc2)c2cc(Cl)ccc21. The number of halogens is 1. The average Bonchev–Trinajstić information content (AvgIpc) is 3.69. The molecule has 4 aromatic carbocycles. The van der Waals surface area contributed by atoms with Gasteiger partial charge in [0.1, 0.15) is 11.8 Å². The summed E-state index contributed by atoms with van der Waals surface area (Å²) in [5.41, 5.74) is 4.06. The van der Waals surface area contributed by atoms with Crippen molar-refractivity contribution in [3.05, 3.63) is 107 Å². The average molecular weight is 752 g/mol. The number of phenolic OH excluding ortho intramolecular Hbond substituents is 1. The summed E-state index contributed by atoms with van der Waals surface area (Å²) in [7, 11) is 0. The van der Waals surface area contributed by atoms with E-state index in [9.17, 15) is 19.5 Å². The summed E-state index contributed by atoms with van der Waals surface area (Å²) >= 11 is 8.46. The molecular weight excluding hydrogens is 706 g/mol. The summed E-state index contributed by atoms with van der Waals surface area (Å²) in [6.45, 7) is 1.17. The van der Waals surface area contributed by atoms with Crippen LogP contribution in [0.25, 0.3) is 10.8 Å². The third-order valence-electron chi connectivity index (χ3n) is 10.4. The Morgan fingerprint density at radius 3 is 2.57 bits per heavy atom. The van der Waals surface area contributed by atoms with Gasteiger partial charge in [0, 0.05) is 53.1 Å². The maximum atomic E-state index is 14.5. The molecule has 0 aliphatic carbocycles. The Labute approximate surface area is 320 Å². The molecule has 276 valence electrons. The molecule has 7 rings (SSSR count). The number of nitrogens with one attached hydrogen (secondary N) is 3. The van der Waals surface area contributed by atoms with Gasteiger partial charge in [-0.25, -0.2) is 4.79 Å². The lowest BCUT2D eigenvalue weighted by Crippen LogP contribution is -2.39. The zero-order valence-corrected chi connectivity index (χ0v) is 31.3. The van der Waals surface area contributed by atoms with Crippen LogP contribution in [0.5, 0.6) is 5.75 Å². The lowest BCUT2D eigenvalue weighted by molar-refractivity contribution is -0.121. The van der Waals surface area contributed by atoms with E-state index in [2.05, 4.69) is 46.3 Å². The van der Waals surface area contributed by atoms with E-state index in [0.29, 0.717) is 41.9 Å². The molecule has 0 aromatic heterocycles. The van der Waals surface area contributed by atoms with Crippen molar-refractivity contribution in [3.63, 3.8) is 0 Å². The van der Waals surface area contributed by atoms with Crippen LogP contribution in [-0.4, -0.2) is 70.9 Å². The number of urea groups is 1. The first-order valence-corrected chi connectivity index (χ1v) is 20.2. The summed E-state index contributed by atoms with van der Waals surface area (Å²) in [5, 5.41) is 22.3. The fourth-order valence-corrected chi connectivity index (χ4v) is 9.37. The van der Waals surface area contributed by atoms with E-state index < -0.39 is 6.04 Å². The van der Waals surface area contributed by atoms with Gasteiger partial charge in [0.2, 0.25) is 5.91 Å². The Kier molecular flexibility index (Phi) is 11.9. The van der Waals surface area contributed by atoms with E-state index in [1.54, 1.807) is 12.1 Å². The second-order valence-electron chi connectivity index (χ2n) is 14.2. The molecule has 4 amide bonds. The number of benzodiazepines with no additional fused rings is 1. The number of unbranched alkanes of at least 4 members (excludes halogenated alkanes) is 4. The summed E-state index contributed by atoms with van der Waals surface area (Å²) in [6, 6.07) is 26.7. The molecule has 1 unspecified atom stereocenters. The topological polar surface area (TPSA) is 123 Å². The van der Waals surface area contributed by atoms with E-state index in [0.717, 1.165) is 83.8 Å². The minimum absolute atomic E-state index is 0.0567. The number of fused-ring (bicyclic) bond motifs is 3. The molecule has 4 N–H and O–H groups in total. The standard InChI is InChI=1S/C42H46ClN5O4S/c43-31-17-20-36-33(25-31)39(29-15-18-32(49)19-16-29)45-34(24-27-13-14-28-9-3-4-10-30(28)23-27)41(51)48(36)22-8-2-1-7-21-44-38(50)12-6-5-11-37-40-35(26-53-37)46-42(52)47-40/h3-4,9-10,13-20,23,25,34-35,37,40,49H,1-2,5-8,11-12,21-22,24,26H2,(H,44,50)(H2,46,47,52)/t34?,35-,37-,40-/m0/s1. The number of aromatic hydroxyl groups is 1. The van der Waals surface area contributed by atoms with Gasteiger partial charge in [0.15, 0.2) is 0 Å². The fourth-order valence-electron chi connectivity index (χ4n) is 7.65. The van der Waals surface area contributed by atoms with E-state index >= 15 is 0 Å². The number of aliphatic imine (C=N–C) groups is 1. The number of carbonyl (C=O) groups excluding carboxylic acids is 3. The van der Waals surface area contributed by atoms with Crippen LogP contribution in [0.3, 0.4) is 0 Å². The normalized spacial score (nSPS) is 20.7. The van der Waals surface area contributed by atoms with Gasteiger partial charge < -0.3 is 26.0 Å². The van der Waals surface area contributed by atoms with Gasteiger partial charge in [-0.2, -0.15) is 11.8 Å². The predicted octanol–water partition coefficient (Wildman–Crippen LogP) is 7.40. The molecular formula is C42H46ClN5O4S. The lowest BCUT2D eigenvalue weighted by atomic mass is 9.99. The van der Waals surface area contributed by atoms with Gasteiger partial charge >= 0.3 is 6.03 Å². The predicted molar refractivity (Wildman–Crippen MR) is 214 cm³/mol. The summed E-state index contributed by atoms with van der Waals surface area (Å²) in [4.78, 5) is 45.6. The summed E-state index contributed by atoms with van der Waals surface area (Å²) < 4.78 is 0. The van der Waals surface area contributed by atoms with Crippen molar-refractivity contribution >= 4 is 63.4 Å².